The summed E-state index contributed by atoms with van der Waals surface area (Å²) < 4.78 is 2.20. The van der Waals surface area contributed by atoms with Gasteiger partial charge in [-0.25, -0.2) is 4.79 Å². The maximum absolute atomic E-state index is 12.0. The van der Waals surface area contributed by atoms with Gasteiger partial charge in [0.15, 0.2) is 0 Å². The Balaban J connectivity index is 2.09. The molecular weight excluding hydrogens is 290 g/mol. The summed E-state index contributed by atoms with van der Waals surface area (Å²) in [5.74, 6) is 0. The SMILES string of the molecule is C/N=C/NC(=O)N(C)C(C)N(C)Cc1cc2ccccc2n1C. The zero-order chi connectivity index (χ0) is 17.0. The highest BCUT2D eigenvalue weighted by Crippen LogP contribution is 2.20. The molecule has 0 saturated heterocycles. The third-order valence-corrected chi connectivity index (χ3v) is 4.30. The molecule has 0 radical (unpaired) electrons. The van der Waals surface area contributed by atoms with E-state index in [1.54, 1.807) is 19.0 Å². The van der Waals surface area contributed by atoms with Crippen LogP contribution in [0.3, 0.4) is 0 Å². The smallest absolute Gasteiger partial charge is 0.323 e. The first-order valence-electron chi connectivity index (χ1n) is 7.63. The van der Waals surface area contributed by atoms with Crippen LogP contribution in [0.25, 0.3) is 10.9 Å². The number of rotatable bonds is 5. The minimum absolute atomic E-state index is 0.0433. The molecule has 1 heterocycles. The molecular formula is C17H25N5O. The molecule has 6 heteroatoms. The van der Waals surface area contributed by atoms with Crippen LogP contribution in [-0.2, 0) is 13.6 Å². The minimum Gasteiger partial charge on any atom is -0.346 e. The van der Waals surface area contributed by atoms with Gasteiger partial charge in [0.1, 0.15) is 0 Å². The van der Waals surface area contributed by atoms with E-state index < -0.39 is 0 Å². The van der Waals surface area contributed by atoms with E-state index in [4.69, 9.17) is 0 Å². The average molecular weight is 315 g/mol. The molecule has 1 aromatic heterocycles. The predicted molar refractivity (Wildman–Crippen MR) is 94.6 cm³/mol. The van der Waals surface area contributed by atoms with Crippen molar-refractivity contribution in [1.82, 2.24) is 19.7 Å². The van der Waals surface area contributed by atoms with Gasteiger partial charge in [-0.15, -0.1) is 0 Å². The van der Waals surface area contributed by atoms with Crippen molar-refractivity contribution < 1.29 is 4.79 Å². The molecule has 0 aliphatic heterocycles. The summed E-state index contributed by atoms with van der Waals surface area (Å²) >= 11 is 0. The van der Waals surface area contributed by atoms with Crippen LogP contribution in [0.4, 0.5) is 4.79 Å². The molecule has 23 heavy (non-hydrogen) atoms. The number of carbonyl (C=O) groups excluding carboxylic acids is 1. The van der Waals surface area contributed by atoms with Gasteiger partial charge < -0.3 is 9.47 Å². The Morgan fingerprint density at radius 2 is 2.09 bits per heavy atom. The molecule has 0 spiro atoms. The minimum atomic E-state index is -0.174. The maximum atomic E-state index is 12.0. The fourth-order valence-corrected chi connectivity index (χ4v) is 2.57. The molecule has 2 amide bonds. The van der Waals surface area contributed by atoms with Gasteiger partial charge in [-0.1, -0.05) is 18.2 Å². The number of aryl methyl sites for hydroxylation is 1. The lowest BCUT2D eigenvalue weighted by atomic mass is 10.2. The third-order valence-electron chi connectivity index (χ3n) is 4.30. The van der Waals surface area contributed by atoms with Crippen LogP contribution in [0.2, 0.25) is 0 Å². The van der Waals surface area contributed by atoms with Gasteiger partial charge in [0.05, 0.1) is 12.5 Å². The molecule has 1 unspecified atom stereocenters. The van der Waals surface area contributed by atoms with E-state index in [9.17, 15) is 4.79 Å². The molecule has 2 rings (SSSR count). The van der Waals surface area contributed by atoms with Crippen molar-refractivity contribution in [2.24, 2.45) is 12.0 Å². The topological polar surface area (TPSA) is 52.9 Å². The average Bonchev–Trinajstić information content (AvgIpc) is 2.87. The van der Waals surface area contributed by atoms with E-state index in [0.717, 1.165) is 6.54 Å². The van der Waals surface area contributed by atoms with E-state index >= 15 is 0 Å². The number of nitrogens with zero attached hydrogens (tertiary/aromatic N) is 4. The number of urea groups is 1. The summed E-state index contributed by atoms with van der Waals surface area (Å²) in [4.78, 5) is 19.6. The van der Waals surface area contributed by atoms with Gasteiger partial charge in [0, 0.05) is 38.9 Å². The normalized spacial score (nSPS) is 13.0. The van der Waals surface area contributed by atoms with Crippen LogP contribution in [0.5, 0.6) is 0 Å². The van der Waals surface area contributed by atoms with Crippen molar-refractivity contribution >= 4 is 23.3 Å². The first-order chi connectivity index (χ1) is 11.0. The van der Waals surface area contributed by atoms with Gasteiger partial charge in [0.2, 0.25) is 0 Å². The van der Waals surface area contributed by atoms with Crippen LogP contribution in [-0.4, -0.2) is 54.0 Å². The van der Waals surface area contributed by atoms with Crippen molar-refractivity contribution in [3.63, 3.8) is 0 Å². The maximum Gasteiger partial charge on any atom is 0.323 e. The van der Waals surface area contributed by atoms with E-state index in [2.05, 4.69) is 45.0 Å². The van der Waals surface area contributed by atoms with E-state index in [0.29, 0.717) is 0 Å². The van der Waals surface area contributed by atoms with E-state index in [-0.39, 0.29) is 12.2 Å². The largest absolute Gasteiger partial charge is 0.346 e. The lowest BCUT2D eigenvalue weighted by Crippen LogP contribution is -2.49. The number of aromatic nitrogens is 1. The third kappa shape index (κ3) is 3.71. The molecule has 1 atom stereocenters. The number of fused-ring (bicyclic) bond motifs is 1. The number of carbonyl (C=O) groups is 1. The molecule has 1 aromatic carbocycles. The molecule has 0 aliphatic rings. The van der Waals surface area contributed by atoms with Crippen molar-refractivity contribution in [3.8, 4) is 0 Å². The fourth-order valence-electron chi connectivity index (χ4n) is 2.57. The highest BCUT2D eigenvalue weighted by Gasteiger charge is 2.20. The Hall–Kier alpha value is -2.34. The van der Waals surface area contributed by atoms with Crippen LogP contribution in [0, 0.1) is 0 Å². The van der Waals surface area contributed by atoms with Crippen LogP contribution < -0.4 is 5.32 Å². The van der Waals surface area contributed by atoms with Crippen molar-refractivity contribution in [2.45, 2.75) is 19.6 Å². The number of hydrogen-bond acceptors (Lipinski definition) is 3. The standard InChI is InChI=1S/C17H25N5O/c1-13(21(4)17(23)19-12-18-2)20(3)11-15-10-14-8-6-7-9-16(14)22(15)5/h6-10,12-13H,11H2,1-5H3,(H,18,19,23). The van der Waals surface area contributed by atoms with Crippen molar-refractivity contribution in [2.75, 3.05) is 21.1 Å². The second-order valence-corrected chi connectivity index (χ2v) is 5.75. The summed E-state index contributed by atoms with van der Waals surface area (Å²) in [5.41, 5.74) is 2.43. The molecule has 2 aromatic rings. The summed E-state index contributed by atoms with van der Waals surface area (Å²) in [5, 5.41) is 3.86. The van der Waals surface area contributed by atoms with Gasteiger partial charge >= 0.3 is 6.03 Å². The first-order valence-corrected chi connectivity index (χ1v) is 7.63. The summed E-state index contributed by atoms with van der Waals surface area (Å²) in [6, 6.07) is 10.4. The molecule has 0 fully saturated rings. The van der Waals surface area contributed by atoms with Gasteiger partial charge in [0.25, 0.3) is 0 Å². The number of aliphatic imine (C=N–C) groups is 1. The van der Waals surface area contributed by atoms with Gasteiger partial charge in [-0.05, 0) is 31.5 Å². The second kappa shape index (κ2) is 7.28. The highest BCUT2D eigenvalue weighted by molar-refractivity contribution is 5.86. The number of hydrogen-bond donors (Lipinski definition) is 1. The Morgan fingerprint density at radius 1 is 1.39 bits per heavy atom. The van der Waals surface area contributed by atoms with Crippen LogP contribution >= 0.6 is 0 Å². The van der Waals surface area contributed by atoms with Crippen molar-refractivity contribution in [3.05, 3.63) is 36.0 Å². The Bertz CT molecular complexity index is 706. The van der Waals surface area contributed by atoms with Crippen LogP contribution in [0.15, 0.2) is 35.3 Å². The van der Waals surface area contributed by atoms with Crippen molar-refractivity contribution in [1.29, 1.82) is 0 Å². The van der Waals surface area contributed by atoms with Gasteiger partial charge in [-0.3, -0.25) is 15.2 Å². The van der Waals surface area contributed by atoms with Gasteiger partial charge in [-0.2, -0.15) is 0 Å². The second-order valence-electron chi connectivity index (χ2n) is 5.75. The lowest BCUT2D eigenvalue weighted by molar-refractivity contribution is 0.110. The van der Waals surface area contributed by atoms with Crippen LogP contribution in [0.1, 0.15) is 12.6 Å². The molecule has 0 bridgehead atoms. The number of nitrogens with one attached hydrogen (secondary N) is 1. The molecule has 1 N–H and O–H groups in total. The number of para-hydroxylation sites is 1. The first kappa shape index (κ1) is 17.0. The van der Waals surface area contributed by atoms with E-state index in [1.165, 1.54) is 22.9 Å². The Morgan fingerprint density at radius 3 is 2.74 bits per heavy atom. The van der Waals surface area contributed by atoms with E-state index in [1.807, 2.05) is 26.1 Å². The molecule has 124 valence electrons. The quantitative estimate of drug-likeness (QED) is 0.523. The summed E-state index contributed by atoms with van der Waals surface area (Å²) in [6.45, 7) is 2.76. The fraction of sp³-hybridized carbons (Fsp3) is 0.412. The summed E-state index contributed by atoms with van der Waals surface area (Å²) in [6.07, 6.45) is 1.36. The number of benzene rings is 1. The Kier molecular flexibility index (Phi) is 5.39. The summed E-state index contributed by atoms with van der Waals surface area (Å²) in [7, 11) is 7.49. The predicted octanol–water partition coefficient (Wildman–Crippen LogP) is 2.26. The zero-order valence-electron chi connectivity index (χ0n) is 14.4. The Labute approximate surface area is 137 Å². The monoisotopic (exact) mass is 315 g/mol. The lowest BCUT2D eigenvalue weighted by Gasteiger charge is -2.32. The molecule has 6 nitrogen and oxygen atoms in total. The molecule has 0 saturated carbocycles. The highest BCUT2D eigenvalue weighted by atomic mass is 16.2. The zero-order valence-corrected chi connectivity index (χ0v) is 14.4. The molecule has 0 aliphatic carbocycles. The number of amides is 2.